The van der Waals surface area contributed by atoms with Gasteiger partial charge in [0.25, 0.3) is 0 Å². The predicted octanol–water partition coefficient (Wildman–Crippen LogP) is 3.39. The molecular formula is C8H2BrF5N2. The highest BCUT2D eigenvalue weighted by atomic mass is 79.9. The third-order valence-corrected chi connectivity index (χ3v) is 2.61. The third kappa shape index (κ3) is 1.66. The van der Waals surface area contributed by atoms with Crippen LogP contribution in [0, 0.1) is 11.6 Å². The van der Waals surface area contributed by atoms with E-state index >= 15 is 0 Å². The number of hydrogen-bond donors (Lipinski definition) is 0. The van der Waals surface area contributed by atoms with Gasteiger partial charge >= 0.3 is 6.18 Å². The number of fused-ring (bicyclic) bond motifs is 1. The summed E-state index contributed by atoms with van der Waals surface area (Å²) < 4.78 is 63.2. The van der Waals surface area contributed by atoms with Gasteiger partial charge < -0.3 is 0 Å². The van der Waals surface area contributed by atoms with Gasteiger partial charge in [-0.2, -0.15) is 13.2 Å². The van der Waals surface area contributed by atoms with Crippen LogP contribution in [0.2, 0.25) is 0 Å². The number of rotatable bonds is 0. The zero-order valence-corrected chi connectivity index (χ0v) is 8.90. The summed E-state index contributed by atoms with van der Waals surface area (Å²) >= 11 is 2.60. The highest BCUT2D eigenvalue weighted by molar-refractivity contribution is 9.10. The lowest BCUT2D eigenvalue weighted by atomic mass is 10.4. The molecular weight excluding hydrogens is 299 g/mol. The van der Waals surface area contributed by atoms with E-state index in [0.29, 0.717) is 16.7 Å². The van der Waals surface area contributed by atoms with E-state index in [1.807, 2.05) is 0 Å². The van der Waals surface area contributed by atoms with Crippen molar-refractivity contribution < 1.29 is 22.0 Å². The Bertz CT molecular complexity index is 560. The Morgan fingerprint density at radius 2 is 1.88 bits per heavy atom. The lowest BCUT2D eigenvalue weighted by Gasteiger charge is -2.01. The van der Waals surface area contributed by atoms with Gasteiger partial charge in [0.15, 0.2) is 17.2 Å². The topological polar surface area (TPSA) is 17.3 Å². The summed E-state index contributed by atoms with van der Waals surface area (Å²) in [7, 11) is 0. The van der Waals surface area contributed by atoms with Crippen molar-refractivity contribution in [2.24, 2.45) is 0 Å². The molecule has 2 nitrogen and oxygen atoms in total. The Morgan fingerprint density at radius 3 is 2.44 bits per heavy atom. The quantitative estimate of drug-likeness (QED) is 0.682. The summed E-state index contributed by atoms with van der Waals surface area (Å²) in [6, 6.07) is 0.467. The van der Waals surface area contributed by atoms with Gasteiger partial charge in [0.2, 0.25) is 0 Å². The van der Waals surface area contributed by atoms with E-state index in [-0.39, 0.29) is 0 Å². The molecule has 2 aromatic heterocycles. The first-order valence-electron chi connectivity index (χ1n) is 3.90. The fourth-order valence-corrected chi connectivity index (χ4v) is 1.81. The monoisotopic (exact) mass is 300 g/mol. The molecule has 0 aliphatic rings. The van der Waals surface area contributed by atoms with Crippen molar-refractivity contribution in [2.75, 3.05) is 0 Å². The maximum absolute atomic E-state index is 13.1. The van der Waals surface area contributed by atoms with E-state index in [0.717, 1.165) is 0 Å². The first kappa shape index (κ1) is 11.3. The van der Waals surface area contributed by atoms with Crippen LogP contribution < -0.4 is 0 Å². The predicted molar refractivity (Wildman–Crippen MR) is 47.8 cm³/mol. The lowest BCUT2D eigenvalue weighted by Crippen LogP contribution is -2.06. The van der Waals surface area contributed by atoms with E-state index in [9.17, 15) is 22.0 Å². The molecule has 8 heteroatoms. The average molecular weight is 301 g/mol. The zero-order valence-electron chi connectivity index (χ0n) is 7.32. The van der Waals surface area contributed by atoms with Crippen molar-refractivity contribution in [2.45, 2.75) is 6.18 Å². The molecule has 0 atom stereocenters. The van der Waals surface area contributed by atoms with Crippen LogP contribution in [-0.2, 0) is 6.18 Å². The van der Waals surface area contributed by atoms with Gasteiger partial charge in [-0.1, -0.05) is 0 Å². The Balaban J connectivity index is 2.83. The molecule has 0 bridgehead atoms. The largest absolute Gasteiger partial charge is 0.436 e. The van der Waals surface area contributed by atoms with Crippen LogP contribution in [0.25, 0.3) is 5.65 Å². The highest BCUT2D eigenvalue weighted by Gasteiger charge is 2.37. The minimum Gasteiger partial charge on any atom is -0.288 e. The van der Waals surface area contributed by atoms with Crippen LogP contribution in [-0.4, -0.2) is 9.38 Å². The van der Waals surface area contributed by atoms with Gasteiger partial charge in [-0.3, -0.25) is 4.40 Å². The zero-order chi connectivity index (χ0) is 12.1. The fourth-order valence-electron chi connectivity index (χ4n) is 1.23. The number of aromatic nitrogens is 2. The van der Waals surface area contributed by atoms with Crippen molar-refractivity contribution in [3.8, 4) is 0 Å². The molecule has 0 aliphatic carbocycles. The summed E-state index contributed by atoms with van der Waals surface area (Å²) in [5, 5.41) is 0. The summed E-state index contributed by atoms with van der Waals surface area (Å²) in [5.41, 5.74) is -1.88. The fraction of sp³-hybridized carbons (Fsp3) is 0.125. The Morgan fingerprint density at radius 1 is 1.25 bits per heavy atom. The Hall–Kier alpha value is -1.18. The van der Waals surface area contributed by atoms with Gasteiger partial charge in [0.1, 0.15) is 10.4 Å². The molecule has 16 heavy (non-hydrogen) atoms. The van der Waals surface area contributed by atoms with Crippen LogP contribution in [0.3, 0.4) is 0 Å². The molecule has 0 N–H and O–H groups in total. The van der Waals surface area contributed by atoms with Gasteiger partial charge in [0.05, 0.1) is 0 Å². The average Bonchev–Trinajstić information content (AvgIpc) is 2.43. The van der Waals surface area contributed by atoms with Crippen molar-refractivity contribution in [3.05, 3.63) is 34.2 Å². The van der Waals surface area contributed by atoms with Gasteiger partial charge in [0, 0.05) is 12.3 Å². The number of pyridine rings is 1. The molecule has 2 rings (SSSR count). The smallest absolute Gasteiger partial charge is 0.288 e. The van der Waals surface area contributed by atoms with Crippen LogP contribution in [0.4, 0.5) is 22.0 Å². The van der Waals surface area contributed by atoms with E-state index < -0.39 is 33.8 Å². The highest BCUT2D eigenvalue weighted by Crippen LogP contribution is 2.35. The van der Waals surface area contributed by atoms with E-state index in [1.165, 1.54) is 0 Å². The SMILES string of the molecule is Fc1cc(F)c2nc(C(F)(F)F)c(Br)n2c1. The first-order valence-corrected chi connectivity index (χ1v) is 4.70. The number of hydrogen-bond acceptors (Lipinski definition) is 1. The molecule has 0 saturated carbocycles. The molecule has 0 spiro atoms. The minimum atomic E-state index is -4.73. The van der Waals surface area contributed by atoms with Crippen LogP contribution in [0.1, 0.15) is 5.69 Å². The normalized spacial score (nSPS) is 12.4. The number of alkyl halides is 3. The van der Waals surface area contributed by atoms with Gasteiger partial charge in [-0.05, 0) is 15.9 Å². The second-order valence-corrected chi connectivity index (χ2v) is 3.70. The minimum absolute atomic E-state index is 0.467. The number of imidazole rings is 1. The summed E-state index contributed by atoms with van der Waals surface area (Å²) in [5.74, 6) is -2.15. The second kappa shape index (κ2) is 3.41. The van der Waals surface area contributed by atoms with E-state index in [4.69, 9.17) is 0 Å². The maximum Gasteiger partial charge on any atom is 0.436 e. The van der Waals surface area contributed by atoms with Crippen LogP contribution in [0.15, 0.2) is 16.9 Å². The third-order valence-electron chi connectivity index (χ3n) is 1.85. The van der Waals surface area contributed by atoms with Gasteiger partial charge in [-0.15, -0.1) is 0 Å². The molecule has 0 amide bonds. The van der Waals surface area contributed by atoms with Crippen molar-refractivity contribution in [1.29, 1.82) is 0 Å². The summed E-state index contributed by atoms with van der Waals surface area (Å²) in [4.78, 5) is 3.07. The van der Waals surface area contributed by atoms with Crippen LogP contribution in [0.5, 0.6) is 0 Å². The first-order chi connectivity index (χ1) is 7.30. The van der Waals surface area contributed by atoms with E-state index in [2.05, 4.69) is 20.9 Å². The second-order valence-electron chi connectivity index (χ2n) is 2.95. The molecule has 86 valence electrons. The van der Waals surface area contributed by atoms with Crippen molar-refractivity contribution >= 4 is 21.6 Å². The van der Waals surface area contributed by atoms with Gasteiger partial charge in [-0.25, -0.2) is 13.8 Å². The molecule has 0 aromatic carbocycles. The molecule has 0 saturated heterocycles. The molecule has 2 aromatic rings. The summed E-state index contributed by atoms with van der Waals surface area (Å²) in [6.45, 7) is 0. The maximum atomic E-state index is 13.1. The molecule has 0 radical (unpaired) electrons. The Labute approximate surface area is 93.8 Å². The van der Waals surface area contributed by atoms with Crippen LogP contribution >= 0.6 is 15.9 Å². The number of halogens is 6. The molecule has 0 aliphatic heterocycles. The summed E-state index contributed by atoms with van der Waals surface area (Å²) in [6.07, 6.45) is -4.02. The van der Waals surface area contributed by atoms with E-state index in [1.54, 1.807) is 0 Å². The van der Waals surface area contributed by atoms with Crippen molar-refractivity contribution in [1.82, 2.24) is 9.38 Å². The molecule has 0 fully saturated rings. The molecule has 0 unspecified atom stereocenters. The lowest BCUT2D eigenvalue weighted by molar-refractivity contribution is -0.141. The Kier molecular flexibility index (Phi) is 2.41. The van der Waals surface area contributed by atoms with Crippen molar-refractivity contribution in [3.63, 3.8) is 0 Å². The number of nitrogens with zero attached hydrogens (tertiary/aromatic N) is 2. The molecule has 2 heterocycles. The standard InChI is InChI=1S/C8H2BrF5N2/c9-6-5(8(12,13)14)15-7-4(11)1-3(10)2-16(6)7/h1-2H.